The summed E-state index contributed by atoms with van der Waals surface area (Å²) in [5.41, 5.74) is 0. The molecule has 0 radical (unpaired) electrons. The first-order valence-corrected chi connectivity index (χ1v) is 8.50. The molecule has 0 spiro atoms. The van der Waals surface area contributed by atoms with E-state index in [0.717, 1.165) is 17.4 Å². The van der Waals surface area contributed by atoms with Crippen molar-refractivity contribution in [1.82, 2.24) is 9.62 Å². The molecule has 7 heteroatoms. The lowest BCUT2D eigenvalue weighted by atomic mass is 10.2. The minimum absolute atomic E-state index is 0.106. The number of halogens is 2. The van der Waals surface area contributed by atoms with Crippen molar-refractivity contribution in [1.29, 1.82) is 0 Å². The van der Waals surface area contributed by atoms with E-state index in [0.29, 0.717) is 0 Å². The summed E-state index contributed by atoms with van der Waals surface area (Å²) in [6, 6.07) is 4.57. The minimum Gasteiger partial charge on any atom is -0.309 e. The van der Waals surface area contributed by atoms with Gasteiger partial charge in [0.1, 0.15) is 4.90 Å². The molecule has 1 aromatic rings. The average Bonchev–Trinajstić information content (AvgIpc) is 2.25. The van der Waals surface area contributed by atoms with Crippen LogP contribution in [0.15, 0.2) is 27.6 Å². The molecule has 19 heavy (non-hydrogen) atoms. The molecule has 0 aliphatic heterocycles. The lowest BCUT2D eigenvalue weighted by Gasteiger charge is -2.17. The average molecular weight is 370 g/mol. The fraction of sp³-hybridized carbons (Fsp3) is 0.500. The van der Waals surface area contributed by atoms with Gasteiger partial charge >= 0.3 is 0 Å². The van der Waals surface area contributed by atoms with Gasteiger partial charge in [0.2, 0.25) is 10.0 Å². The van der Waals surface area contributed by atoms with Gasteiger partial charge in [-0.05, 0) is 52.2 Å². The van der Waals surface area contributed by atoms with Crippen LogP contribution >= 0.6 is 27.5 Å². The van der Waals surface area contributed by atoms with Gasteiger partial charge in [-0.1, -0.05) is 27.5 Å². The van der Waals surface area contributed by atoms with Gasteiger partial charge in [-0.3, -0.25) is 0 Å². The van der Waals surface area contributed by atoms with E-state index in [-0.39, 0.29) is 16.0 Å². The maximum Gasteiger partial charge on any atom is 0.242 e. The van der Waals surface area contributed by atoms with Crippen molar-refractivity contribution in [2.75, 3.05) is 20.6 Å². The van der Waals surface area contributed by atoms with Gasteiger partial charge in [0.15, 0.2) is 0 Å². The summed E-state index contributed by atoms with van der Waals surface area (Å²) in [4.78, 5) is 2.12. The van der Waals surface area contributed by atoms with Crippen LogP contribution in [0.25, 0.3) is 0 Å². The molecule has 0 aliphatic rings. The van der Waals surface area contributed by atoms with E-state index in [4.69, 9.17) is 11.6 Å². The predicted octanol–water partition coefficient (Wildman–Crippen LogP) is 2.72. The number of benzene rings is 1. The molecule has 108 valence electrons. The van der Waals surface area contributed by atoms with E-state index < -0.39 is 10.0 Å². The molecule has 0 heterocycles. The molecule has 1 aromatic carbocycles. The van der Waals surface area contributed by atoms with Crippen molar-refractivity contribution in [2.45, 2.75) is 24.3 Å². The fourth-order valence-corrected chi connectivity index (χ4v) is 3.85. The molecule has 0 aliphatic carbocycles. The van der Waals surface area contributed by atoms with E-state index in [9.17, 15) is 8.42 Å². The monoisotopic (exact) mass is 368 g/mol. The second kappa shape index (κ2) is 7.04. The first kappa shape index (κ1) is 16.9. The third-order valence-electron chi connectivity index (χ3n) is 2.55. The van der Waals surface area contributed by atoms with Crippen molar-refractivity contribution >= 4 is 37.6 Å². The smallest absolute Gasteiger partial charge is 0.242 e. The Morgan fingerprint density at radius 2 is 2.05 bits per heavy atom. The standard InChI is InChI=1S/C12H18BrClN2O2S/c1-9(6-7-16(2)3)15-19(17,18)12-5-4-10(13)8-11(12)14/h4-5,8-9,15H,6-7H2,1-3H3. The van der Waals surface area contributed by atoms with Crippen LogP contribution in [-0.2, 0) is 10.0 Å². The summed E-state index contributed by atoms with van der Waals surface area (Å²) >= 11 is 9.22. The molecule has 1 unspecified atom stereocenters. The zero-order valence-electron chi connectivity index (χ0n) is 11.2. The third kappa shape index (κ3) is 5.39. The largest absolute Gasteiger partial charge is 0.309 e. The highest BCUT2D eigenvalue weighted by atomic mass is 79.9. The number of hydrogen-bond acceptors (Lipinski definition) is 3. The number of rotatable bonds is 6. The topological polar surface area (TPSA) is 49.4 Å². The lowest BCUT2D eigenvalue weighted by molar-refractivity contribution is 0.379. The highest BCUT2D eigenvalue weighted by molar-refractivity contribution is 9.10. The van der Waals surface area contributed by atoms with Gasteiger partial charge in [0.05, 0.1) is 5.02 Å². The molecule has 0 saturated heterocycles. The van der Waals surface area contributed by atoms with Gasteiger partial charge < -0.3 is 4.90 Å². The minimum atomic E-state index is -3.58. The van der Waals surface area contributed by atoms with E-state index in [2.05, 4.69) is 20.7 Å². The first-order valence-electron chi connectivity index (χ1n) is 5.84. The predicted molar refractivity (Wildman–Crippen MR) is 82.1 cm³/mol. The van der Waals surface area contributed by atoms with Crippen molar-refractivity contribution in [2.24, 2.45) is 0 Å². The Morgan fingerprint density at radius 1 is 1.42 bits per heavy atom. The Morgan fingerprint density at radius 3 is 2.58 bits per heavy atom. The fourth-order valence-electron chi connectivity index (χ4n) is 1.53. The van der Waals surface area contributed by atoms with Crippen LogP contribution in [0.4, 0.5) is 0 Å². The lowest BCUT2D eigenvalue weighted by Crippen LogP contribution is -2.34. The van der Waals surface area contributed by atoms with Crippen LogP contribution in [0.2, 0.25) is 5.02 Å². The van der Waals surface area contributed by atoms with Crippen LogP contribution in [0.1, 0.15) is 13.3 Å². The van der Waals surface area contributed by atoms with Gasteiger partial charge in [0.25, 0.3) is 0 Å². The van der Waals surface area contributed by atoms with Crippen LogP contribution in [0.5, 0.6) is 0 Å². The van der Waals surface area contributed by atoms with Crippen LogP contribution in [0, 0.1) is 0 Å². The van der Waals surface area contributed by atoms with E-state index in [1.165, 1.54) is 6.07 Å². The third-order valence-corrected chi connectivity index (χ3v) is 5.11. The van der Waals surface area contributed by atoms with Gasteiger partial charge in [-0.25, -0.2) is 13.1 Å². The summed E-state index contributed by atoms with van der Waals surface area (Å²) in [6.07, 6.45) is 0.736. The molecule has 4 nitrogen and oxygen atoms in total. The molecular formula is C12H18BrClN2O2S. The number of nitrogens with one attached hydrogen (secondary N) is 1. The van der Waals surface area contributed by atoms with E-state index in [1.807, 2.05) is 25.9 Å². The molecule has 1 N–H and O–H groups in total. The maximum absolute atomic E-state index is 12.2. The van der Waals surface area contributed by atoms with Crippen molar-refractivity contribution in [3.05, 3.63) is 27.7 Å². The SMILES string of the molecule is CC(CCN(C)C)NS(=O)(=O)c1ccc(Br)cc1Cl. The quantitative estimate of drug-likeness (QED) is 0.839. The van der Waals surface area contributed by atoms with Crippen LogP contribution < -0.4 is 4.72 Å². The Bertz CT molecular complexity index is 535. The molecule has 1 atom stereocenters. The van der Waals surface area contributed by atoms with E-state index in [1.54, 1.807) is 12.1 Å². The second-order valence-electron chi connectivity index (χ2n) is 4.69. The van der Waals surface area contributed by atoms with Gasteiger partial charge in [0, 0.05) is 10.5 Å². The zero-order valence-corrected chi connectivity index (χ0v) is 14.3. The Kier molecular flexibility index (Phi) is 6.26. The van der Waals surface area contributed by atoms with Gasteiger partial charge in [-0.15, -0.1) is 0 Å². The Hall–Kier alpha value is -0.140. The molecule has 0 saturated carbocycles. The summed E-state index contributed by atoms with van der Waals surface area (Å²) in [6.45, 7) is 2.66. The molecule has 0 fully saturated rings. The number of hydrogen-bond donors (Lipinski definition) is 1. The Labute approximate surface area is 128 Å². The maximum atomic E-state index is 12.2. The zero-order chi connectivity index (χ0) is 14.6. The summed E-state index contributed by atoms with van der Waals surface area (Å²) < 4.78 is 27.8. The summed E-state index contributed by atoms with van der Waals surface area (Å²) in [5, 5.41) is 0.210. The number of sulfonamides is 1. The number of nitrogens with zero attached hydrogens (tertiary/aromatic N) is 1. The Balaban J connectivity index is 2.81. The van der Waals surface area contributed by atoms with Crippen LogP contribution in [0.3, 0.4) is 0 Å². The molecular weight excluding hydrogens is 352 g/mol. The highest BCUT2D eigenvalue weighted by Crippen LogP contribution is 2.25. The van der Waals surface area contributed by atoms with Crippen molar-refractivity contribution in [3.63, 3.8) is 0 Å². The van der Waals surface area contributed by atoms with Crippen molar-refractivity contribution in [3.8, 4) is 0 Å². The second-order valence-corrected chi connectivity index (χ2v) is 7.69. The normalized spacial score (nSPS) is 13.8. The highest BCUT2D eigenvalue weighted by Gasteiger charge is 2.20. The molecule has 0 bridgehead atoms. The summed E-state index contributed by atoms with van der Waals surface area (Å²) in [7, 11) is 0.326. The molecule has 0 amide bonds. The summed E-state index contributed by atoms with van der Waals surface area (Å²) in [5.74, 6) is 0. The molecule has 1 rings (SSSR count). The van der Waals surface area contributed by atoms with E-state index >= 15 is 0 Å². The molecule has 0 aromatic heterocycles. The first-order chi connectivity index (χ1) is 8.72. The van der Waals surface area contributed by atoms with Crippen molar-refractivity contribution < 1.29 is 8.42 Å². The van der Waals surface area contributed by atoms with Crippen LogP contribution in [-0.4, -0.2) is 40.0 Å². The van der Waals surface area contributed by atoms with Gasteiger partial charge in [-0.2, -0.15) is 0 Å².